The molecule has 0 aliphatic carbocycles. The molecule has 0 radical (unpaired) electrons. The highest BCUT2D eigenvalue weighted by Gasteiger charge is 2.20. The molecule has 0 aliphatic heterocycles. The van der Waals surface area contributed by atoms with Crippen LogP contribution in [0.4, 0.5) is 13.9 Å². The molecular weight excluding hydrogens is 598 g/mol. The zero-order valence-electron chi connectivity index (χ0n) is 24.2. The molecule has 3 aromatic carbocycles. The lowest BCUT2D eigenvalue weighted by Crippen LogP contribution is -2.20. The predicted octanol–water partition coefficient (Wildman–Crippen LogP) is 5.82. The number of rotatable bonds is 10. The Morgan fingerprint density at radius 2 is 1.50 bits per heavy atom. The summed E-state index contributed by atoms with van der Waals surface area (Å²) in [6.45, 7) is 0.951. The number of fused-ring (bicyclic) bond motifs is 1. The molecule has 0 fully saturated rings. The van der Waals surface area contributed by atoms with Gasteiger partial charge in [-0.05, 0) is 42.5 Å². The normalized spacial score (nSPS) is 10.9. The molecule has 0 atom stereocenters. The fourth-order valence-corrected chi connectivity index (χ4v) is 5.31. The first kappa shape index (κ1) is 30.2. The SMILES string of the molecule is COc1ccc(-c2cc(-c3cc(OC)c(OC)c(OC)c3)nn2C(C)=O)cc1OCC(=O)Nc1nc2cc(F)c(F)cc2s1. The highest BCUT2D eigenvalue weighted by atomic mass is 32.1. The van der Waals surface area contributed by atoms with Gasteiger partial charge in [0.15, 0.2) is 46.4 Å². The quantitative estimate of drug-likeness (QED) is 0.205. The maximum absolute atomic E-state index is 13.5. The van der Waals surface area contributed by atoms with E-state index < -0.39 is 24.1 Å². The molecule has 1 N–H and O–H groups in total. The smallest absolute Gasteiger partial charge is 0.264 e. The number of amides is 1. The molecule has 2 aromatic heterocycles. The van der Waals surface area contributed by atoms with E-state index in [4.69, 9.17) is 23.7 Å². The lowest BCUT2D eigenvalue weighted by Gasteiger charge is -2.13. The average Bonchev–Trinajstić information content (AvgIpc) is 3.63. The Balaban J connectivity index is 1.41. The average molecular weight is 625 g/mol. The summed E-state index contributed by atoms with van der Waals surface area (Å²) >= 11 is 0.994. The molecule has 0 aliphatic rings. The molecule has 1 amide bonds. The van der Waals surface area contributed by atoms with Crippen LogP contribution in [-0.2, 0) is 4.79 Å². The molecule has 0 saturated heterocycles. The number of hydrogen-bond donors (Lipinski definition) is 1. The van der Waals surface area contributed by atoms with Gasteiger partial charge in [0, 0.05) is 24.1 Å². The first-order chi connectivity index (χ1) is 21.1. The van der Waals surface area contributed by atoms with E-state index in [2.05, 4.69) is 15.4 Å². The second-order valence-corrected chi connectivity index (χ2v) is 10.2. The van der Waals surface area contributed by atoms with Gasteiger partial charge in [-0.15, -0.1) is 0 Å². The molecule has 0 spiro atoms. The molecule has 14 heteroatoms. The Morgan fingerprint density at radius 3 is 2.14 bits per heavy atom. The minimum atomic E-state index is -1.03. The first-order valence-corrected chi connectivity index (χ1v) is 13.7. The molecule has 228 valence electrons. The second-order valence-electron chi connectivity index (χ2n) is 9.22. The molecule has 0 saturated carbocycles. The third kappa shape index (κ3) is 5.97. The summed E-state index contributed by atoms with van der Waals surface area (Å²) in [6, 6.07) is 12.1. The number of anilines is 1. The number of nitrogens with zero attached hydrogens (tertiary/aromatic N) is 3. The van der Waals surface area contributed by atoms with Crippen LogP contribution in [0.3, 0.4) is 0 Å². The van der Waals surface area contributed by atoms with Gasteiger partial charge in [-0.2, -0.15) is 9.78 Å². The zero-order chi connectivity index (χ0) is 31.5. The predicted molar refractivity (Wildman–Crippen MR) is 159 cm³/mol. The van der Waals surface area contributed by atoms with E-state index in [1.807, 2.05) is 0 Å². The summed E-state index contributed by atoms with van der Waals surface area (Å²) < 4.78 is 56.2. The summed E-state index contributed by atoms with van der Waals surface area (Å²) in [4.78, 5) is 29.4. The fourth-order valence-electron chi connectivity index (χ4n) is 4.42. The number of benzene rings is 3. The lowest BCUT2D eigenvalue weighted by atomic mass is 10.1. The number of carbonyl (C=O) groups is 2. The molecule has 0 bridgehead atoms. The third-order valence-corrected chi connectivity index (χ3v) is 7.40. The lowest BCUT2D eigenvalue weighted by molar-refractivity contribution is -0.118. The standard InChI is InChI=1S/C30H26F2N4O7S/c1-15(37)36-22(13-20(35-36)17-9-25(40-3)29(42-5)26(10-17)41-4)16-6-7-23(39-2)24(8-16)43-14-28(38)34-30-33-21-11-18(31)19(32)12-27(21)44-30/h6-13H,14H2,1-5H3,(H,33,34,38). The minimum Gasteiger partial charge on any atom is -0.493 e. The first-order valence-electron chi connectivity index (χ1n) is 12.9. The van der Waals surface area contributed by atoms with Gasteiger partial charge in [0.2, 0.25) is 11.7 Å². The van der Waals surface area contributed by atoms with E-state index in [0.29, 0.717) is 50.2 Å². The minimum absolute atomic E-state index is 0.156. The van der Waals surface area contributed by atoms with E-state index in [1.165, 1.54) is 40.0 Å². The monoisotopic (exact) mass is 624 g/mol. The van der Waals surface area contributed by atoms with Crippen LogP contribution in [0.5, 0.6) is 28.7 Å². The van der Waals surface area contributed by atoms with Crippen LogP contribution in [0, 0.1) is 11.6 Å². The van der Waals surface area contributed by atoms with Gasteiger partial charge in [0.1, 0.15) is 0 Å². The number of methoxy groups -OCH3 is 4. The van der Waals surface area contributed by atoms with Crippen molar-refractivity contribution in [2.45, 2.75) is 6.92 Å². The van der Waals surface area contributed by atoms with E-state index in [0.717, 1.165) is 23.5 Å². The van der Waals surface area contributed by atoms with Gasteiger partial charge in [0.05, 0.1) is 50.0 Å². The van der Waals surface area contributed by atoms with Crippen molar-refractivity contribution in [1.29, 1.82) is 0 Å². The highest BCUT2D eigenvalue weighted by Crippen LogP contribution is 2.42. The van der Waals surface area contributed by atoms with Crippen molar-refractivity contribution in [2.24, 2.45) is 0 Å². The van der Waals surface area contributed by atoms with Crippen molar-refractivity contribution in [1.82, 2.24) is 14.8 Å². The highest BCUT2D eigenvalue weighted by molar-refractivity contribution is 7.22. The number of halogens is 2. The Hall–Kier alpha value is -5.24. The molecule has 5 aromatic rings. The van der Waals surface area contributed by atoms with Crippen LogP contribution in [0.2, 0.25) is 0 Å². The summed E-state index contributed by atoms with van der Waals surface area (Å²) in [5.74, 6) is -1.12. The topological polar surface area (TPSA) is 123 Å². The molecule has 2 heterocycles. The summed E-state index contributed by atoms with van der Waals surface area (Å²) in [6.07, 6.45) is 0. The second kappa shape index (κ2) is 12.6. The number of nitrogens with one attached hydrogen (secondary N) is 1. The molecule has 0 unspecified atom stereocenters. The largest absolute Gasteiger partial charge is 0.493 e. The Kier molecular flexibility index (Phi) is 8.62. The van der Waals surface area contributed by atoms with Crippen LogP contribution < -0.4 is 29.0 Å². The van der Waals surface area contributed by atoms with Crippen molar-refractivity contribution in [3.05, 3.63) is 60.2 Å². The van der Waals surface area contributed by atoms with E-state index >= 15 is 0 Å². The van der Waals surface area contributed by atoms with E-state index in [-0.39, 0.29) is 22.3 Å². The van der Waals surface area contributed by atoms with Crippen molar-refractivity contribution >= 4 is 38.5 Å². The van der Waals surface area contributed by atoms with Crippen molar-refractivity contribution in [2.75, 3.05) is 40.4 Å². The van der Waals surface area contributed by atoms with Crippen LogP contribution in [-0.4, -0.2) is 61.6 Å². The van der Waals surface area contributed by atoms with Crippen molar-refractivity contribution < 1.29 is 42.1 Å². The van der Waals surface area contributed by atoms with Crippen molar-refractivity contribution in [3.63, 3.8) is 0 Å². The van der Waals surface area contributed by atoms with Gasteiger partial charge >= 0.3 is 0 Å². The molecular formula is C30H26F2N4O7S. The van der Waals surface area contributed by atoms with Crippen molar-refractivity contribution in [3.8, 4) is 51.3 Å². The van der Waals surface area contributed by atoms with Crippen LogP contribution >= 0.6 is 11.3 Å². The number of ether oxygens (including phenoxy) is 5. The summed E-state index contributed by atoms with van der Waals surface area (Å²) in [5.41, 5.74) is 2.29. The third-order valence-electron chi connectivity index (χ3n) is 6.46. The molecule has 5 rings (SSSR count). The van der Waals surface area contributed by atoms with Crippen LogP contribution in [0.15, 0.2) is 48.5 Å². The Labute approximate surface area is 253 Å². The van der Waals surface area contributed by atoms with E-state index in [1.54, 1.807) is 36.4 Å². The zero-order valence-corrected chi connectivity index (χ0v) is 25.0. The van der Waals surface area contributed by atoms with Gasteiger partial charge in [-0.25, -0.2) is 13.8 Å². The number of carbonyl (C=O) groups excluding carboxylic acids is 2. The Morgan fingerprint density at radius 1 is 0.841 bits per heavy atom. The maximum Gasteiger partial charge on any atom is 0.264 e. The molecule has 44 heavy (non-hydrogen) atoms. The van der Waals surface area contributed by atoms with Gasteiger partial charge in [-0.1, -0.05) is 11.3 Å². The molecule has 11 nitrogen and oxygen atoms in total. The number of thiazole rings is 1. The maximum atomic E-state index is 13.5. The van der Waals surface area contributed by atoms with E-state index in [9.17, 15) is 18.4 Å². The Bertz CT molecular complexity index is 1830. The summed E-state index contributed by atoms with van der Waals surface area (Å²) in [5, 5.41) is 7.23. The number of hydrogen-bond acceptors (Lipinski definition) is 10. The van der Waals surface area contributed by atoms with Crippen LogP contribution in [0.25, 0.3) is 32.7 Å². The summed E-state index contributed by atoms with van der Waals surface area (Å²) in [7, 11) is 5.95. The number of aromatic nitrogens is 3. The van der Waals surface area contributed by atoms with Gasteiger partial charge in [-0.3, -0.25) is 14.9 Å². The van der Waals surface area contributed by atoms with Gasteiger partial charge < -0.3 is 23.7 Å². The van der Waals surface area contributed by atoms with Gasteiger partial charge in [0.25, 0.3) is 5.91 Å². The van der Waals surface area contributed by atoms with Crippen LogP contribution in [0.1, 0.15) is 11.7 Å². The fraction of sp³-hybridized carbons (Fsp3) is 0.200.